The summed E-state index contributed by atoms with van der Waals surface area (Å²) in [5, 5.41) is 9.26. The van der Waals surface area contributed by atoms with E-state index >= 15 is 0 Å². The van der Waals surface area contributed by atoms with Crippen molar-refractivity contribution in [1.29, 1.82) is 0 Å². The summed E-state index contributed by atoms with van der Waals surface area (Å²) in [6, 6.07) is 21.3. The Kier molecular flexibility index (Phi) is 4.14. The van der Waals surface area contributed by atoms with Gasteiger partial charge in [0.25, 0.3) is 5.91 Å². The molecule has 4 nitrogen and oxygen atoms in total. The number of carbonyl (C=O) groups is 1. The van der Waals surface area contributed by atoms with Crippen LogP contribution in [0, 0.1) is 0 Å². The van der Waals surface area contributed by atoms with Gasteiger partial charge < -0.3 is 10.6 Å². The lowest BCUT2D eigenvalue weighted by molar-refractivity contribution is 0.103. The van der Waals surface area contributed by atoms with Crippen LogP contribution < -0.4 is 10.6 Å². The molecular formula is C20H15N3OS. The number of carbonyl (C=O) groups excluding carboxylic acids is 1. The van der Waals surface area contributed by atoms with Gasteiger partial charge in [0.2, 0.25) is 0 Å². The number of para-hydroxylation sites is 1. The fourth-order valence-electron chi connectivity index (χ4n) is 2.60. The summed E-state index contributed by atoms with van der Waals surface area (Å²) < 4.78 is 0. The highest BCUT2D eigenvalue weighted by molar-refractivity contribution is 7.12. The van der Waals surface area contributed by atoms with Crippen molar-refractivity contribution in [1.82, 2.24) is 4.98 Å². The number of thiophene rings is 1. The third kappa shape index (κ3) is 3.36. The van der Waals surface area contributed by atoms with Gasteiger partial charge in [-0.3, -0.25) is 9.78 Å². The summed E-state index contributed by atoms with van der Waals surface area (Å²) in [4.78, 5) is 17.2. The molecule has 2 aromatic carbocycles. The van der Waals surface area contributed by atoms with Crippen LogP contribution in [0.5, 0.6) is 0 Å². The van der Waals surface area contributed by atoms with Crippen molar-refractivity contribution < 1.29 is 4.79 Å². The zero-order valence-electron chi connectivity index (χ0n) is 13.3. The van der Waals surface area contributed by atoms with Crippen LogP contribution in [0.15, 0.2) is 78.3 Å². The molecule has 2 heterocycles. The van der Waals surface area contributed by atoms with Gasteiger partial charge in [-0.1, -0.05) is 24.3 Å². The van der Waals surface area contributed by atoms with Gasteiger partial charge in [0.05, 0.1) is 16.1 Å². The molecule has 25 heavy (non-hydrogen) atoms. The molecule has 0 aliphatic carbocycles. The van der Waals surface area contributed by atoms with Crippen LogP contribution in [-0.4, -0.2) is 10.9 Å². The van der Waals surface area contributed by atoms with E-state index in [1.807, 2.05) is 72.1 Å². The molecule has 0 saturated heterocycles. The molecule has 0 fully saturated rings. The normalized spacial score (nSPS) is 10.6. The highest BCUT2D eigenvalue weighted by atomic mass is 32.1. The Morgan fingerprint density at radius 1 is 0.880 bits per heavy atom. The predicted molar refractivity (Wildman–Crippen MR) is 104 cm³/mol. The first kappa shape index (κ1) is 15.4. The van der Waals surface area contributed by atoms with Gasteiger partial charge in [0, 0.05) is 23.0 Å². The Balaban J connectivity index is 1.51. The Labute approximate surface area is 149 Å². The molecule has 2 N–H and O–H groups in total. The number of nitrogens with one attached hydrogen (secondary N) is 2. The second-order valence-electron chi connectivity index (χ2n) is 5.51. The van der Waals surface area contributed by atoms with Crippen LogP contribution in [0.1, 0.15) is 9.67 Å². The first-order valence-electron chi connectivity index (χ1n) is 7.85. The topological polar surface area (TPSA) is 54.0 Å². The minimum atomic E-state index is -0.0889. The van der Waals surface area contributed by atoms with E-state index in [9.17, 15) is 4.79 Å². The van der Waals surface area contributed by atoms with Crippen LogP contribution >= 0.6 is 11.3 Å². The summed E-state index contributed by atoms with van der Waals surface area (Å²) in [5.74, 6) is -0.0889. The van der Waals surface area contributed by atoms with Crippen LogP contribution in [0.3, 0.4) is 0 Å². The molecule has 0 unspecified atom stereocenters. The van der Waals surface area contributed by atoms with Crippen molar-refractivity contribution in [3.63, 3.8) is 0 Å². The number of benzene rings is 2. The fraction of sp³-hybridized carbons (Fsp3) is 0. The number of nitrogens with zero attached hydrogens (tertiary/aromatic N) is 1. The molecule has 0 atom stereocenters. The van der Waals surface area contributed by atoms with Crippen molar-refractivity contribution in [3.05, 3.63) is 83.2 Å². The van der Waals surface area contributed by atoms with Gasteiger partial charge in [-0.25, -0.2) is 0 Å². The van der Waals surface area contributed by atoms with E-state index in [1.165, 1.54) is 11.3 Å². The summed E-state index contributed by atoms with van der Waals surface area (Å²) in [5.41, 5.74) is 3.58. The van der Waals surface area contributed by atoms with E-state index in [4.69, 9.17) is 0 Å². The molecule has 1 amide bonds. The third-order valence-electron chi connectivity index (χ3n) is 3.80. The fourth-order valence-corrected chi connectivity index (χ4v) is 3.22. The molecule has 122 valence electrons. The van der Waals surface area contributed by atoms with Gasteiger partial charge in [0.1, 0.15) is 0 Å². The first-order valence-corrected chi connectivity index (χ1v) is 8.73. The molecule has 0 radical (unpaired) electrons. The second-order valence-corrected chi connectivity index (χ2v) is 6.46. The number of rotatable bonds is 4. The van der Waals surface area contributed by atoms with Crippen LogP contribution in [0.4, 0.5) is 17.1 Å². The van der Waals surface area contributed by atoms with E-state index < -0.39 is 0 Å². The van der Waals surface area contributed by atoms with Gasteiger partial charge >= 0.3 is 0 Å². The van der Waals surface area contributed by atoms with Gasteiger partial charge in [0.15, 0.2) is 0 Å². The summed E-state index contributed by atoms with van der Waals surface area (Å²) >= 11 is 1.42. The average molecular weight is 345 g/mol. The summed E-state index contributed by atoms with van der Waals surface area (Å²) in [7, 11) is 0. The summed E-state index contributed by atoms with van der Waals surface area (Å²) in [6.07, 6.45) is 1.79. The lowest BCUT2D eigenvalue weighted by atomic mass is 10.2. The van der Waals surface area contributed by atoms with Crippen LogP contribution in [-0.2, 0) is 0 Å². The molecule has 5 heteroatoms. The number of pyridine rings is 1. The SMILES string of the molecule is O=C(Nc1ccc(Nc2cccc3cccnc23)cc1)c1cccs1. The molecule has 0 saturated carbocycles. The minimum absolute atomic E-state index is 0.0889. The maximum absolute atomic E-state index is 12.1. The van der Waals surface area contributed by atoms with Crippen molar-refractivity contribution in [2.75, 3.05) is 10.6 Å². The van der Waals surface area contributed by atoms with Crippen LogP contribution in [0.25, 0.3) is 10.9 Å². The first-order chi connectivity index (χ1) is 12.3. The average Bonchev–Trinajstić information content (AvgIpc) is 3.19. The van der Waals surface area contributed by atoms with E-state index in [2.05, 4.69) is 15.6 Å². The molecular weight excluding hydrogens is 330 g/mol. The quantitative estimate of drug-likeness (QED) is 0.528. The van der Waals surface area contributed by atoms with Crippen molar-refractivity contribution in [2.24, 2.45) is 0 Å². The number of amides is 1. The molecule has 0 bridgehead atoms. The molecule has 2 aromatic heterocycles. The maximum Gasteiger partial charge on any atom is 0.265 e. The number of hydrogen-bond donors (Lipinski definition) is 2. The number of aromatic nitrogens is 1. The Morgan fingerprint density at radius 2 is 1.68 bits per heavy atom. The molecule has 0 spiro atoms. The number of anilines is 3. The van der Waals surface area contributed by atoms with Gasteiger partial charge in [-0.05, 0) is 47.8 Å². The minimum Gasteiger partial charge on any atom is -0.354 e. The Morgan fingerprint density at radius 3 is 2.48 bits per heavy atom. The zero-order valence-corrected chi connectivity index (χ0v) is 14.1. The monoisotopic (exact) mass is 345 g/mol. The van der Waals surface area contributed by atoms with Crippen molar-refractivity contribution in [3.8, 4) is 0 Å². The highest BCUT2D eigenvalue weighted by Crippen LogP contribution is 2.25. The standard InChI is InChI=1S/C20H15N3OS/c24-20(18-7-3-13-25-18)23-16-10-8-15(9-11-16)22-17-6-1-4-14-5-2-12-21-19(14)17/h1-13,22H,(H,23,24). The largest absolute Gasteiger partial charge is 0.354 e. The molecule has 4 rings (SSSR count). The summed E-state index contributed by atoms with van der Waals surface area (Å²) in [6.45, 7) is 0. The second kappa shape index (κ2) is 6.75. The van der Waals surface area contributed by atoms with E-state index in [1.54, 1.807) is 6.20 Å². The highest BCUT2D eigenvalue weighted by Gasteiger charge is 2.07. The van der Waals surface area contributed by atoms with E-state index in [-0.39, 0.29) is 5.91 Å². The number of fused-ring (bicyclic) bond motifs is 1. The maximum atomic E-state index is 12.1. The van der Waals surface area contributed by atoms with Crippen molar-refractivity contribution >= 4 is 45.2 Å². The van der Waals surface area contributed by atoms with Crippen molar-refractivity contribution in [2.45, 2.75) is 0 Å². The Bertz CT molecular complexity index is 1010. The lowest BCUT2D eigenvalue weighted by Crippen LogP contribution is -2.09. The number of hydrogen-bond acceptors (Lipinski definition) is 4. The smallest absolute Gasteiger partial charge is 0.265 e. The predicted octanol–water partition coefficient (Wildman–Crippen LogP) is 5.29. The van der Waals surface area contributed by atoms with Gasteiger partial charge in [-0.2, -0.15) is 0 Å². The van der Waals surface area contributed by atoms with Crippen LogP contribution in [0.2, 0.25) is 0 Å². The Hall–Kier alpha value is -3.18. The van der Waals surface area contributed by atoms with Gasteiger partial charge in [-0.15, -0.1) is 11.3 Å². The zero-order chi connectivity index (χ0) is 17.1. The van der Waals surface area contributed by atoms with E-state index in [0.29, 0.717) is 4.88 Å². The van der Waals surface area contributed by atoms with E-state index in [0.717, 1.165) is 28.0 Å². The molecule has 0 aliphatic heterocycles. The molecule has 4 aromatic rings. The molecule has 0 aliphatic rings. The third-order valence-corrected chi connectivity index (χ3v) is 4.67. The lowest BCUT2D eigenvalue weighted by Gasteiger charge is -2.10.